The largest absolute Gasteiger partial charge is 0.344 e. The second-order valence-electron chi connectivity index (χ2n) is 8.42. The van der Waals surface area contributed by atoms with Crippen LogP contribution in [0.1, 0.15) is 59.3 Å². The summed E-state index contributed by atoms with van der Waals surface area (Å²) in [5, 5.41) is 0. The first-order valence-electron chi connectivity index (χ1n) is 9.32. The minimum Gasteiger partial charge on any atom is -0.344 e. The Morgan fingerprint density at radius 3 is 2.13 bits per heavy atom. The van der Waals surface area contributed by atoms with Gasteiger partial charge in [-0.1, -0.05) is 33.6 Å². The minimum absolute atomic E-state index is 0.0783. The summed E-state index contributed by atoms with van der Waals surface area (Å²) in [6.45, 7) is 10.00. The van der Waals surface area contributed by atoms with Gasteiger partial charge >= 0.3 is 0 Å². The number of carbonyl (C=O) groups excluding carboxylic acids is 2. The first kappa shape index (κ1) is 18.4. The summed E-state index contributed by atoms with van der Waals surface area (Å²) in [5.41, 5.74) is -0.353. The Morgan fingerprint density at radius 2 is 1.57 bits per heavy atom. The maximum Gasteiger partial charge on any atom is 0.226 e. The summed E-state index contributed by atoms with van der Waals surface area (Å²) in [5.74, 6) is 0.277. The van der Waals surface area contributed by atoms with Gasteiger partial charge in [0.25, 0.3) is 0 Å². The molecule has 0 spiro atoms. The summed E-state index contributed by atoms with van der Waals surface area (Å²) in [6.07, 6.45) is 6.47. The summed E-state index contributed by atoms with van der Waals surface area (Å²) < 4.78 is 0. The number of likely N-dealkylation sites (N-methyl/N-ethyl adjacent to an activating group) is 1. The average Bonchev–Trinajstić information content (AvgIpc) is 3.03. The third-order valence-corrected chi connectivity index (χ3v) is 5.49. The molecule has 4 nitrogen and oxygen atoms in total. The molecule has 4 heteroatoms. The Labute approximate surface area is 141 Å². The number of hydrogen-bond acceptors (Lipinski definition) is 3. The van der Waals surface area contributed by atoms with Gasteiger partial charge in [0.05, 0.1) is 0 Å². The zero-order valence-electron chi connectivity index (χ0n) is 15.4. The maximum atomic E-state index is 12.9. The second kappa shape index (κ2) is 7.78. The molecule has 0 aromatic heterocycles. The first-order valence-corrected chi connectivity index (χ1v) is 9.32. The molecule has 2 atom stereocenters. The Bertz CT molecular complexity index is 422. The summed E-state index contributed by atoms with van der Waals surface area (Å²) in [6, 6.07) is 0. The molecule has 1 aliphatic carbocycles. The van der Waals surface area contributed by atoms with E-state index in [0.29, 0.717) is 0 Å². The molecule has 0 aromatic carbocycles. The Kier molecular flexibility index (Phi) is 6.24. The van der Waals surface area contributed by atoms with E-state index in [0.717, 1.165) is 51.9 Å². The van der Waals surface area contributed by atoms with Gasteiger partial charge in [0, 0.05) is 37.4 Å². The van der Waals surface area contributed by atoms with Gasteiger partial charge in [-0.05, 0) is 38.8 Å². The van der Waals surface area contributed by atoms with Gasteiger partial charge in [0.1, 0.15) is 5.78 Å². The fourth-order valence-electron chi connectivity index (χ4n) is 3.99. The number of likely N-dealkylation sites (tertiary alicyclic amines) is 1. The van der Waals surface area contributed by atoms with Gasteiger partial charge in [-0.15, -0.1) is 0 Å². The van der Waals surface area contributed by atoms with Crippen LogP contribution in [0.5, 0.6) is 0 Å². The van der Waals surface area contributed by atoms with Crippen LogP contribution in [-0.2, 0) is 9.59 Å². The number of carbonyl (C=O) groups is 2. The molecule has 2 aliphatic rings. The Balaban J connectivity index is 1.95. The molecule has 0 unspecified atom stereocenters. The highest BCUT2D eigenvalue weighted by Crippen LogP contribution is 2.36. The van der Waals surface area contributed by atoms with Crippen molar-refractivity contribution in [2.45, 2.75) is 59.3 Å². The van der Waals surface area contributed by atoms with Crippen molar-refractivity contribution in [2.75, 3.05) is 33.2 Å². The van der Waals surface area contributed by atoms with Crippen LogP contribution in [0, 0.1) is 17.3 Å². The van der Waals surface area contributed by atoms with E-state index in [4.69, 9.17) is 0 Å². The Hall–Kier alpha value is -0.900. The van der Waals surface area contributed by atoms with Crippen LogP contribution in [0.25, 0.3) is 0 Å². The van der Waals surface area contributed by atoms with Crippen molar-refractivity contribution >= 4 is 11.7 Å². The number of hydrogen-bond donors (Lipinski definition) is 0. The fourth-order valence-corrected chi connectivity index (χ4v) is 3.99. The lowest BCUT2D eigenvalue weighted by atomic mass is 9.70. The maximum absolute atomic E-state index is 12.9. The smallest absolute Gasteiger partial charge is 0.226 e. The monoisotopic (exact) mass is 322 g/mol. The summed E-state index contributed by atoms with van der Waals surface area (Å²) in [4.78, 5) is 30.0. The van der Waals surface area contributed by atoms with Gasteiger partial charge in [0.15, 0.2) is 0 Å². The molecule has 1 saturated heterocycles. The van der Waals surface area contributed by atoms with E-state index in [1.807, 2.05) is 32.7 Å². The number of rotatable bonds is 5. The van der Waals surface area contributed by atoms with Crippen molar-refractivity contribution in [2.24, 2.45) is 17.3 Å². The molecular weight excluding hydrogens is 288 g/mol. The molecule has 0 radical (unpaired) electrons. The normalized spacial score (nSPS) is 26.3. The Morgan fingerprint density at radius 1 is 1.00 bits per heavy atom. The van der Waals surface area contributed by atoms with Crippen molar-refractivity contribution in [1.29, 1.82) is 0 Å². The van der Waals surface area contributed by atoms with Crippen LogP contribution < -0.4 is 0 Å². The summed E-state index contributed by atoms with van der Waals surface area (Å²) in [7, 11) is 1.91. The van der Waals surface area contributed by atoms with Gasteiger partial charge in [-0.2, -0.15) is 0 Å². The lowest BCUT2D eigenvalue weighted by molar-refractivity contribution is -0.144. The van der Waals surface area contributed by atoms with Crippen molar-refractivity contribution < 1.29 is 9.59 Å². The second-order valence-corrected chi connectivity index (χ2v) is 8.42. The van der Waals surface area contributed by atoms with E-state index in [1.165, 1.54) is 12.8 Å². The van der Waals surface area contributed by atoms with E-state index < -0.39 is 0 Å². The van der Waals surface area contributed by atoms with Gasteiger partial charge in [-0.25, -0.2) is 0 Å². The van der Waals surface area contributed by atoms with E-state index in [1.54, 1.807) is 0 Å². The molecule has 1 aliphatic heterocycles. The third-order valence-electron chi connectivity index (χ3n) is 5.49. The van der Waals surface area contributed by atoms with Crippen molar-refractivity contribution in [1.82, 2.24) is 9.80 Å². The third kappa shape index (κ3) is 4.79. The zero-order valence-corrected chi connectivity index (χ0v) is 15.4. The number of nitrogens with zero attached hydrogens (tertiary/aromatic N) is 2. The highest BCUT2D eigenvalue weighted by molar-refractivity contribution is 5.91. The van der Waals surface area contributed by atoms with Crippen molar-refractivity contribution in [3.05, 3.63) is 0 Å². The number of amides is 1. The zero-order chi connectivity index (χ0) is 17.0. The average molecular weight is 322 g/mol. The SMILES string of the molecule is CN(CCN1CCCC1)C(=O)[C@H]1CCCC[C@H]1C(=O)C(C)(C)C. The lowest BCUT2D eigenvalue weighted by Crippen LogP contribution is -2.45. The van der Waals surface area contributed by atoms with Crippen LogP contribution in [0.4, 0.5) is 0 Å². The predicted octanol–water partition coefficient (Wildman–Crippen LogP) is 2.96. The quantitative estimate of drug-likeness (QED) is 0.781. The van der Waals surface area contributed by atoms with Crippen LogP contribution >= 0.6 is 0 Å². The molecule has 1 heterocycles. The fraction of sp³-hybridized carbons (Fsp3) is 0.895. The standard InChI is InChI=1S/C19H34N2O2/c1-19(2,3)17(22)15-9-5-6-10-16(15)18(23)20(4)13-14-21-11-7-8-12-21/h15-16H,5-14H2,1-4H3/t15-,16+/m1/s1. The highest BCUT2D eigenvalue weighted by Gasteiger charge is 2.40. The van der Waals surface area contributed by atoms with Gasteiger partial charge in [-0.3, -0.25) is 9.59 Å². The molecule has 132 valence electrons. The lowest BCUT2D eigenvalue weighted by Gasteiger charge is -2.36. The van der Waals surface area contributed by atoms with Crippen LogP contribution in [0.15, 0.2) is 0 Å². The van der Waals surface area contributed by atoms with E-state index >= 15 is 0 Å². The molecule has 2 rings (SSSR count). The molecule has 0 aromatic rings. The van der Waals surface area contributed by atoms with Crippen molar-refractivity contribution in [3.8, 4) is 0 Å². The van der Waals surface area contributed by atoms with Gasteiger partial charge < -0.3 is 9.80 Å². The van der Waals surface area contributed by atoms with Crippen LogP contribution in [0.3, 0.4) is 0 Å². The van der Waals surface area contributed by atoms with Crippen LogP contribution in [0.2, 0.25) is 0 Å². The van der Waals surface area contributed by atoms with Crippen LogP contribution in [-0.4, -0.2) is 54.7 Å². The first-order chi connectivity index (χ1) is 10.8. The predicted molar refractivity (Wildman–Crippen MR) is 93.2 cm³/mol. The molecule has 2 fully saturated rings. The molecule has 0 N–H and O–H groups in total. The van der Waals surface area contributed by atoms with E-state index in [-0.39, 0.29) is 28.9 Å². The molecular formula is C19H34N2O2. The van der Waals surface area contributed by atoms with Gasteiger partial charge in [0.2, 0.25) is 5.91 Å². The minimum atomic E-state index is -0.353. The van der Waals surface area contributed by atoms with E-state index in [2.05, 4.69) is 4.90 Å². The molecule has 23 heavy (non-hydrogen) atoms. The topological polar surface area (TPSA) is 40.6 Å². The number of Topliss-reactive ketones (excluding diaryl/α,β-unsaturated/α-hetero) is 1. The number of ketones is 1. The summed E-state index contributed by atoms with van der Waals surface area (Å²) >= 11 is 0. The highest BCUT2D eigenvalue weighted by atomic mass is 16.2. The molecule has 1 amide bonds. The molecule has 0 bridgehead atoms. The van der Waals surface area contributed by atoms with Crippen molar-refractivity contribution in [3.63, 3.8) is 0 Å². The van der Waals surface area contributed by atoms with E-state index in [9.17, 15) is 9.59 Å². The molecule has 1 saturated carbocycles.